The van der Waals surface area contributed by atoms with Crippen LogP contribution in [0.5, 0.6) is 0 Å². The Kier molecular flexibility index (Phi) is 4.66. The normalized spacial score (nSPS) is 21.1. The summed E-state index contributed by atoms with van der Waals surface area (Å²) in [7, 11) is 0. The number of amides is 1. The van der Waals surface area contributed by atoms with Gasteiger partial charge in [0, 0.05) is 15.7 Å². The Morgan fingerprint density at radius 3 is 2.15 bits per heavy atom. The van der Waals surface area contributed by atoms with Crippen molar-refractivity contribution in [2.45, 2.75) is 11.5 Å². The first-order valence-corrected chi connectivity index (χ1v) is 11.6. The first-order valence-electron chi connectivity index (χ1n) is 10.9. The smallest absolute Gasteiger partial charge is 0.258 e. The Balaban J connectivity index is 1.70. The molecular formula is C28H20BrN3O. The van der Waals surface area contributed by atoms with E-state index in [9.17, 15) is 4.79 Å². The maximum absolute atomic E-state index is 14.1. The van der Waals surface area contributed by atoms with Crippen molar-refractivity contribution in [3.05, 3.63) is 130 Å². The van der Waals surface area contributed by atoms with Crippen LogP contribution in [0.1, 0.15) is 22.6 Å². The quantitative estimate of drug-likeness (QED) is 0.363. The minimum absolute atomic E-state index is 0.0806. The van der Waals surface area contributed by atoms with Crippen LogP contribution in [0.4, 0.5) is 11.4 Å². The van der Waals surface area contributed by atoms with Crippen molar-refractivity contribution in [2.75, 3.05) is 10.3 Å². The molecular weight excluding hydrogens is 474 g/mol. The van der Waals surface area contributed by atoms with E-state index >= 15 is 0 Å². The highest BCUT2D eigenvalue weighted by Crippen LogP contribution is 2.56. The summed E-state index contributed by atoms with van der Waals surface area (Å²) in [5.41, 5.74) is 4.44. The van der Waals surface area contributed by atoms with E-state index in [2.05, 4.69) is 45.5 Å². The fraction of sp³-hybridized carbons (Fsp3) is 0.0714. The average molecular weight is 494 g/mol. The van der Waals surface area contributed by atoms with E-state index in [0.717, 1.165) is 38.2 Å². The summed E-state index contributed by atoms with van der Waals surface area (Å²) in [5.74, 6) is -0.389. The second kappa shape index (κ2) is 7.71. The molecule has 4 aromatic carbocycles. The van der Waals surface area contributed by atoms with Crippen LogP contribution >= 0.6 is 15.9 Å². The number of benzene rings is 4. The molecule has 4 nitrogen and oxygen atoms in total. The zero-order valence-corrected chi connectivity index (χ0v) is 19.2. The van der Waals surface area contributed by atoms with E-state index in [-0.39, 0.29) is 11.8 Å². The van der Waals surface area contributed by atoms with Crippen molar-refractivity contribution in [1.82, 2.24) is 0 Å². The Morgan fingerprint density at radius 1 is 0.818 bits per heavy atom. The monoisotopic (exact) mass is 493 g/mol. The molecule has 2 aliphatic rings. The number of rotatable bonds is 3. The van der Waals surface area contributed by atoms with Crippen molar-refractivity contribution in [3.63, 3.8) is 0 Å². The standard InChI is InChI=1S/C28H20BrN3O/c29-21-16-17-24-23(18-21)28(27(33)30-24)25(19-10-4-1-5-11-19)26(20-12-6-2-7-13-20)31-32(28)22-14-8-3-9-15-22/h1-18,25H,(H,30,33)/t25-,28-/m0/s1. The Hall–Kier alpha value is -3.70. The van der Waals surface area contributed by atoms with Crippen molar-refractivity contribution in [2.24, 2.45) is 5.10 Å². The molecule has 0 saturated heterocycles. The van der Waals surface area contributed by atoms with E-state index in [4.69, 9.17) is 5.10 Å². The highest BCUT2D eigenvalue weighted by atomic mass is 79.9. The molecule has 0 radical (unpaired) electrons. The Bertz CT molecular complexity index is 1370. The maximum atomic E-state index is 14.1. The fourth-order valence-electron chi connectivity index (χ4n) is 5.05. The number of hydrogen-bond donors (Lipinski definition) is 1. The summed E-state index contributed by atoms with van der Waals surface area (Å²) >= 11 is 3.63. The SMILES string of the molecule is O=C1Nc2ccc(Br)cc2[C@]12[C@@H](c1ccccc1)C(c1ccccc1)=NN2c1ccccc1. The van der Waals surface area contributed by atoms with Gasteiger partial charge in [-0.3, -0.25) is 4.79 Å². The minimum atomic E-state index is -1.06. The zero-order valence-electron chi connectivity index (χ0n) is 17.7. The maximum Gasteiger partial charge on any atom is 0.258 e. The molecule has 0 fully saturated rings. The van der Waals surface area contributed by atoms with Gasteiger partial charge in [-0.2, -0.15) is 5.10 Å². The van der Waals surface area contributed by atoms with Gasteiger partial charge in [-0.1, -0.05) is 94.8 Å². The lowest BCUT2D eigenvalue weighted by molar-refractivity contribution is -0.120. The van der Waals surface area contributed by atoms with E-state index < -0.39 is 5.54 Å². The second-order valence-electron chi connectivity index (χ2n) is 8.25. The van der Waals surface area contributed by atoms with Gasteiger partial charge in [-0.25, -0.2) is 5.01 Å². The van der Waals surface area contributed by atoms with Crippen LogP contribution in [0, 0.1) is 0 Å². The molecule has 33 heavy (non-hydrogen) atoms. The molecule has 0 saturated carbocycles. The molecule has 0 unspecified atom stereocenters. The number of carbonyl (C=O) groups excluding carboxylic acids is 1. The lowest BCUT2D eigenvalue weighted by Crippen LogP contribution is -2.50. The summed E-state index contributed by atoms with van der Waals surface area (Å²) in [4.78, 5) is 14.1. The van der Waals surface area contributed by atoms with Gasteiger partial charge in [0.25, 0.3) is 5.91 Å². The first-order chi connectivity index (χ1) is 16.2. The number of fused-ring (bicyclic) bond motifs is 2. The van der Waals surface area contributed by atoms with Crippen molar-refractivity contribution < 1.29 is 4.79 Å². The number of nitrogens with one attached hydrogen (secondary N) is 1. The van der Waals surface area contributed by atoms with E-state index in [1.54, 1.807) is 0 Å². The average Bonchev–Trinajstić information content (AvgIpc) is 3.37. The Morgan fingerprint density at radius 2 is 1.45 bits per heavy atom. The molecule has 2 atom stereocenters. The van der Waals surface area contributed by atoms with Gasteiger partial charge in [-0.05, 0) is 41.5 Å². The van der Waals surface area contributed by atoms with Gasteiger partial charge in [0.2, 0.25) is 0 Å². The molecule has 6 rings (SSSR count). The predicted molar refractivity (Wildman–Crippen MR) is 136 cm³/mol. The molecule has 0 aliphatic carbocycles. The van der Waals surface area contributed by atoms with Crippen LogP contribution in [-0.2, 0) is 10.3 Å². The lowest BCUT2D eigenvalue weighted by atomic mass is 9.72. The zero-order chi connectivity index (χ0) is 22.4. The van der Waals surface area contributed by atoms with Gasteiger partial charge in [-0.15, -0.1) is 0 Å². The molecule has 4 aromatic rings. The Labute approximate surface area is 200 Å². The lowest BCUT2D eigenvalue weighted by Gasteiger charge is -2.37. The van der Waals surface area contributed by atoms with Crippen LogP contribution < -0.4 is 10.3 Å². The number of hydrazone groups is 1. The van der Waals surface area contributed by atoms with E-state index in [0.29, 0.717) is 0 Å². The summed E-state index contributed by atoms with van der Waals surface area (Å²) in [6, 6.07) is 36.2. The number of hydrogen-bond acceptors (Lipinski definition) is 3. The van der Waals surface area contributed by atoms with Gasteiger partial charge < -0.3 is 5.32 Å². The van der Waals surface area contributed by atoms with Gasteiger partial charge in [0.1, 0.15) is 0 Å². The third kappa shape index (κ3) is 2.96. The molecule has 0 bridgehead atoms. The summed E-state index contributed by atoms with van der Waals surface area (Å²) in [6.07, 6.45) is 0. The second-order valence-corrected chi connectivity index (χ2v) is 9.17. The number of para-hydroxylation sites is 1. The topological polar surface area (TPSA) is 44.7 Å². The largest absolute Gasteiger partial charge is 0.323 e. The van der Waals surface area contributed by atoms with Crippen LogP contribution in [-0.4, -0.2) is 11.6 Å². The molecule has 1 amide bonds. The minimum Gasteiger partial charge on any atom is -0.323 e. The number of anilines is 2. The van der Waals surface area contributed by atoms with E-state index in [1.807, 2.05) is 89.9 Å². The molecule has 5 heteroatoms. The third-order valence-electron chi connectivity index (χ3n) is 6.42. The van der Waals surface area contributed by atoms with Gasteiger partial charge in [0.05, 0.1) is 17.3 Å². The fourth-order valence-corrected chi connectivity index (χ4v) is 5.41. The third-order valence-corrected chi connectivity index (χ3v) is 6.92. The highest BCUT2D eigenvalue weighted by Gasteiger charge is 2.62. The molecule has 1 spiro atoms. The summed E-state index contributed by atoms with van der Waals surface area (Å²) in [6.45, 7) is 0. The number of carbonyl (C=O) groups is 1. The number of halogens is 1. The van der Waals surface area contributed by atoms with Gasteiger partial charge >= 0.3 is 0 Å². The number of nitrogens with zero attached hydrogens (tertiary/aromatic N) is 2. The van der Waals surface area contributed by atoms with Gasteiger partial charge in [0.15, 0.2) is 5.54 Å². The van der Waals surface area contributed by atoms with Crippen LogP contribution in [0.15, 0.2) is 119 Å². The summed E-state index contributed by atoms with van der Waals surface area (Å²) in [5, 5.41) is 10.2. The molecule has 2 heterocycles. The molecule has 1 N–H and O–H groups in total. The molecule has 160 valence electrons. The van der Waals surface area contributed by atoms with Crippen LogP contribution in [0.2, 0.25) is 0 Å². The molecule has 2 aliphatic heterocycles. The van der Waals surface area contributed by atoms with Crippen LogP contribution in [0.3, 0.4) is 0 Å². The summed E-state index contributed by atoms with van der Waals surface area (Å²) < 4.78 is 0.921. The van der Waals surface area contributed by atoms with Crippen LogP contribution in [0.25, 0.3) is 0 Å². The molecule has 0 aromatic heterocycles. The van der Waals surface area contributed by atoms with Crippen molar-refractivity contribution >= 4 is 38.9 Å². The highest BCUT2D eigenvalue weighted by molar-refractivity contribution is 9.10. The van der Waals surface area contributed by atoms with Crippen molar-refractivity contribution in [3.8, 4) is 0 Å². The van der Waals surface area contributed by atoms with E-state index in [1.165, 1.54) is 0 Å². The predicted octanol–water partition coefficient (Wildman–Crippen LogP) is 6.30. The first kappa shape index (κ1) is 19.9. The van der Waals surface area contributed by atoms with Crippen molar-refractivity contribution in [1.29, 1.82) is 0 Å².